The van der Waals surface area contributed by atoms with Crippen LogP contribution in [-0.4, -0.2) is 50.6 Å². The molecule has 1 heterocycles. The number of nitrogens with one attached hydrogen (secondary N) is 2. The van der Waals surface area contributed by atoms with Gasteiger partial charge in [0.15, 0.2) is 0 Å². The molecule has 1 amide bonds. The molecule has 1 aromatic carbocycles. The second-order valence-corrected chi connectivity index (χ2v) is 5.31. The molecule has 1 fully saturated rings. The second-order valence-electron chi connectivity index (χ2n) is 5.31. The lowest BCUT2D eigenvalue weighted by atomic mass is 10.2. The molecule has 1 aliphatic rings. The number of nitrogens with zero attached hydrogens (tertiary/aromatic N) is 1. The van der Waals surface area contributed by atoms with E-state index in [0.29, 0.717) is 6.61 Å². The van der Waals surface area contributed by atoms with Gasteiger partial charge in [0.1, 0.15) is 12.4 Å². The number of hydrogen-bond acceptors (Lipinski definition) is 4. The van der Waals surface area contributed by atoms with Gasteiger partial charge in [-0.3, -0.25) is 4.79 Å². The van der Waals surface area contributed by atoms with Crippen molar-refractivity contribution < 1.29 is 9.53 Å². The third kappa shape index (κ3) is 4.51. The summed E-state index contributed by atoms with van der Waals surface area (Å²) in [5, 5.41) is 6.11. The van der Waals surface area contributed by atoms with Crippen molar-refractivity contribution in [1.82, 2.24) is 10.2 Å². The Hall–Kier alpha value is -1.59. The normalized spacial score (nSPS) is 18.2. The van der Waals surface area contributed by atoms with Gasteiger partial charge in [0.2, 0.25) is 5.91 Å². The van der Waals surface area contributed by atoms with E-state index in [1.54, 1.807) is 0 Å². The minimum atomic E-state index is -0.0500. The molecular formula is C15H23N3O2. The van der Waals surface area contributed by atoms with Gasteiger partial charge >= 0.3 is 0 Å². The monoisotopic (exact) mass is 277 g/mol. The number of rotatable bonds is 6. The van der Waals surface area contributed by atoms with Crippen LogP contribution in [-0.2, 0) is 4.79 Å². The van der Waals surface area contributed by atoms with Crippen LogP contribution in [0.1, 0.15) is 12.8 Å². The summed E-state index contributed by atoms with van der Waals surface area (Å²) in [6.45, 7) is 2.47. The zero-order valence-corrected chi connectivity index (χ0v) is 12.2. The maximum absolute atomic E-state index is 11.9. The molecule has 0 saturated carbocycles. The molecule has 0 aliphatic carbocycles. The van der Waals surface area contributed by atoms with Crippen LogP contribution in [0.25, 0.3) is 0 Å². The van der Waals surface area contributed by atoms with Crippen LogP contribution in [0.2, 0.25) is 0 Å². The van der Waals surface area contributed by atoms with Gasteiger partial charge in [0, 0.05) is 12.2 Å². The minimum absolute atomic E-state index is 0.0452. The maximum atomic E-state index is 11.9. The Morgan fingerprint density at radius 2 is 2.15 bits per heavy atom. The maximum Gasteiger partial charge on any atom is 0.241 e. The molecule has 20 heavy (non-hydrogen) atoms. The molecule has 1 saturated heterocycles. The van der Waals surface area contributed by atoms with Gasteiger partial charge in [-0.15, -0.1) is 0 Å². The number of likely N-dealkylation sites (N-methyl/N-ethyl adjacent to an activating group) is 1. The molecule has 1 aliphatic heterocycles. The summed E-state index contributed by atoms with van der Waals surface area (Å²) in [5.74, 6) is 0.868. The van der Waals surface area contributed by atoms with Gasteiger partial charge in [-0.2, -0.15) is 0 Å². The van der Waals surface area contributed by atoms with Gasteiger partial charge in [0.25, 0.3) is 0 Å². The van der Waals surface area contributed by atoms with Crippen molar-refractivity contribution in [3.05, 3.63) is 24.3 Å². The lowest BCUT2D eigenvalue weighted by Gasteiger charge is -2.13. The first kappa shape index (κ1) is 14.8. The summed E-state index contributed by atoms with van der Waals surface area (Å²) in [7, 11) is 4.03. The first-order valence-corrected chi connectivity index (χ1v) is 7.07. The van der Waals surface area contributed by atoms with Gasteiger partial charge in [0.05, 0.1) is 6.04 Å². The number of carbonyl (C=O) groups excluding carboxylic acids is 1. The number of ether oxygens (including phenoxy) is 1. The molecule has 1 aromatic rings. The van der Waals surface area contributed by atoms with Crippen molar-refractivity contribution in [3.63, 3.8) is 0 Å². The van der Waals surface area contributed by atoms with Gasteiger partial charge in [-0.1, -0.05) is 0 Å². The first-order valence-electron chi connectivity index (χ1n) is 7.07. The van der Waals surface area contributed by atoms with Gasteiger partial charge < -0.3 is 20.3 Å². The Morgan fingerprint density at radius 3 is 2.75 bits per heavy atom. The minimum Gasteiger partial charge on any atom is -0.492 e. The average molecular weight is 277 g/mol. The molecule has 0 unspecified atom stereocenters. The summed E-state index contributed by atoms with van der Waals surface area (Å²) < 4.78 is 5.61. The summed E-state index contributed by atoms with van der Waals surface area (Å²) in [6, 6.07) is 7.46. The Balaban J connectivity index is 1.80. The summed E-state index contributed by atoms with van der Waals surface area (Å²) in [4.78, 5) is 14.0. The highest BCUT2D eigenvalue weighted by molar-refractivity contribution is 5.95. The summed E-state index contributed by atoms with van der Waals surface area (Å²) in [5.41, 5.74) is 0.809. The van der Waals surface area contributed by atoms with E-state index >= 15 is 0 Å². The van der Waals surface area contributed by atoms with Crippen molar-refractivity contribution in [2.24, 2.45) is 0 Å². The van der Waals surface area contributed by atoms with Gasteiger partial charge in [-0.25, -0.2) is 0 Å². The van der Waals surface area contributed by atoms with E-state index in [1.807, 2.05) is 38.4 Å². The highest BCUT2D eigenvalue weighted by atomic mass is 16.5. The van der Waals surface area contributed by atoms with Crippen LogP contribution in [0.4, 0.5) is 5.69 Å². The predicted octanol–water partition coefficient (Wildman–Crippen LogP) is 1.32. The number of benzene rings is 1. The fraction of sp³-hybridized carbons (Fsp3) is 0.533. The molecule has 0 spiro atoms. The predicted molar refractivity (Wildman–Crippen MR) is 80.1 cm³/mol. The number of anilines is 1. The van der Waals surface area contributed by atoms with Crippen LogP contribution >= 0.6 is 0 Å². The van der Waals surface area contributed by atoms with E-state index in [0.717, 1.165) is 37.4 Å². The molecule has 1 atom stereocenters. The van der Waals surface area contributed by atoms with E-state index in [2.05, 4.69) is 15.5 Å². The molecule has 2 rings (SSSR count). The molecule has 5 nitrogen and oxygen atoms in total. The molecular weight excluding hydrogens is 254 g/mol. The van der Waals surface area contributed by atoms with Crippen molar-refractivity contribution in [3.8, 4) is 5.75 Å². The topological polar surface area (TPSA) is 53.6 Å². The quantitative estimate of drug-likeness (QED) is 0.823. The Labute approximate surface area is 120 Å². The summed E-state index contributed by atoms with van der Waals surface area (Å²) >= 11 is 0. The van der Waals surface area contributed by atoms with Crippen molar-refractivity contribution in [2.45, 2.75) is 18.9 Å². The van der Waals surface area contributed by atoms with E-state index < -0.39 is 0 Å². The summed E-state index contributed by atoms with van der Waals surface area (Å²) in [6.07, 6.45) is 1.98. The molecule has 2 N–H and O–H groups in total. The van der Waals surface area contributed by atoms with Crippen LogP contribution in [0.3, 0.4) is 0 Å². The Morgan fingerprint density at radius 1 is 1.40 bits per heavy atom. The smallest absolute Gasteiger partial charge is 0.241 e. The zero-order chi connectivity index (χ0) is 14.4. The SMILES string of the molecule is CN(C)CCOc1ccc(NC(=O)[C@H]2CCCN2)cc1. The fourth-order valence-electron chi connectivity index (χ4n) is 2.12. The molecule has 0 aromatic heterocycles. The second kappa shape index (κ2) is 7.26. The van der Waals surface area contributed by atoms with Crippen LogP contribution in [0.5, 0.6) is 5.75 Å². The molecule has 5 heteroatoms. The number of hydrogen-bond donors (Lipinski definition) is 2. The van der Waals surface area contributed by atoms with Crippen molar-refractivity contribution in [1.29, 1.82) is 0 Å². The zero-order valence-electron chi connectivity index (χ0n) is 12.2. The fourth-order valence-corrected chi connectivity index (χ4v) is 2.12. The van der Waals surface area contributed by atoms with E-state index in [9.17, 15) is 4.79 Å². The highest BCUT2D eigenvalue weighted by Crippen LogP contribution is 2.16. The van der Waals surface area contributed by atoms with E-state index in [4.69, 9.17) is 4.74 Å². The molecule has 0 radical (unpaired) electrons. The lowest BCUT2D eigenvalue weighted by Crippen LogP contribution is -2.35. The first-order chi connectivity index (χ1) is 9.65. The van der Waals surface area contributed by atoms with Crippen molar-refractivity contribution in [2.75, 3.05) is 39.1 Å². The molecule has 110 valence electrons. The number of carbonyl (C=O) groups is 1. The Kier molecular flexibility index (Phi) is 5.38. The molecule has 0 bridgehead atoms. The van der Waals surface area contributed by atoms with Crippen LogP contribution in [0, 0.1) is 0 Å². The van der Waals surface area contributed by atoms with Gasteiger partial charge in [-0.05, 0) is 57.7 Å². The average Bonchev–Trinajstić information content (AvgIpc) is 2.94. The number of amides is 1. The van der Waals surface area contributed by atoms with Crippen LogP contribution < -0.4 is 15.4 Å². The lowest BCUT2D eigenvalue weighted by molar-refractivity contribution is -0.117. The third-order valence-electron chi connectivity index (χ3n) is 3.31. The highest BCUT2D eigenvalue weighted by Gasteiger charge is 2.21. The largest absolute Gasteiger partial charge is 0.492 e. The van der Waals surface area contributed by atoms with E-state index in [-0.39, 0.29) is 11.9 Å². The standard InChI is InChI=1S/C15H23N3O2/c1-18(2)10-11-20-13-7-5-12(6-8-13)17-15(19)14-4-3-9-16-14/h5-8,14,16H,3-4,9-11H2,1-2H3,(H,17,19)/t14-/m1/s1. The van der Waals surface area contributed by atoms with E-state index in [1.165, 1.54) is 0 Å². The third-order valence-corrected chi connectivity index (χ3v) is 3.31. The van der Waals surface area contributed by atoms with Crippen molar-refractivity contribution >= 4 is 11.6 Å². The Bertz CT molecular complexity index is 425. The van der Waals surface area contributed by atoms with Crippen LogP contribution in [0.15, 0.2) is 24.3 Å².